The van der Waals surface area contributed by atoms with E-state index in [-0.39, 0.29) is 20.5 Å². The summed E-state index contributed by atoms with van der Waals surface area (Å²) in [6.45, 7) is 1.86. The molecule has 0 spiro atoms. The molecule has 4 nitrogen and oxygen atoms in total. The van der Waals surface area contributed by atoms with Crippen LogP contribution in [0.4, 0.5) is 4.79 Å². The van der Waals surface area contributed by atoms with Gasteiger partial charge in [0.15, 0.2) is 0 Å². The number of hydrogen-bond donors (Lipinski definition) is 0. The molecule has 0 bridgehead atoms. The first-order valence-electron chi connectivity index (χ1n) is 2.08. The second-order valence-corrected chi connectivity index (χ2v) is 0.897. The lowest BCUT2D eigenvalue weighted by atomic mass is 10.9. The SMILES string of the molecule is C.CCOC(=O)OC=O. The van der Waals surface area contributed by atoms with Crippen molar-refractivity contribution >= 4 is 12.6 Å². The normalized spacial score (nSPS) is 6.78. The van der Waals surface area contributed by atoms with Crippen LogP contribution in [-0.2, 0) is 14.3 Å². The van der Waals surface area contributed by atoms with E-state index in [9.17, 15) is 9.59 Å². The zero-order chi connectivity index (χ0) is 6.41. The van der Waals surface area contributed by atoms with Crippen LogP contribution >= 0.6 is 0 Å². The van der Waals surface area contributed by atoms with Crippen molar-refractivity contribution in [2.24, 2.45) is 0 Å². The van der Waals surface area contributed by atoms with E-state index in [1.165, 1.54) is 0 Å². The van der Waals surface area contributed by atoms with Gasteiger partial charge in [-0.05, 0) is 6.92 Å². The molecular weight excluding hydrogens is 124 g/mol. The number of rotatable bonds is 2. The summed E-state index contributed by atoms with van der Waals surface area (Å²) >= 11 is 0. The van der Waals surface area contributed by atoms with Crippen molar-refractivity contribution in [3.63, 3.8) is 0 Å². The molecule has 0 saturated heterocycles. The summed E-state index contributed by atoms with van der Waals surface area (Å²) < 4.78 is 7.93. The minimum Gasteiger partial charge on any atom is -0.434 e. The fourth-order valence-electron chi connectivity index (χ4n) is 0.191. The first-order valence-corrected chi connectivity index (χ1v) is 2.08. The van der Waals surface area contributed by atoms with Gasteiger partial charge in [-0.2, -0.15) is 0 Å². The zero-order valence-corrected chi connectivity index (χ0v) is 4.42. The molecule has 4 heteroatoms. The van der Waals surface area contributed by atoms with Crippen molar-refractivity contribution in [1.29, 1.82) is 0 Å². The smallest absolute Gasteiger partial charge is 0.434 e. The van der Waals surface area contributed by atoms with Gasteiger partial charge in [-0.25, -0.2) is 4.79 Å². The molecule has 0 aromatic rings. The maximum absolute atomic E-state index is 9.97. The van der Waals surface area contributed by atoms with Crippen LogP contribution in [0.1, 0.15) is 14.4 Å². The Morgan fingerprint density at radius 3 is 2.56 bits per heavy atom. The fourth-order valence-corrected chi connectivity index (χ4v) is 0.191. The van der Waals surface area contributed by atoms with Gasteiger partial charge in [0.2, 0.25) is 0 Å². The highest BCUT2D eigenvalue weighted by atomic mass is 16.7. The van der Waals surface area contributed by atoms with E-state index >= 15 is 0 Å². The van der Waals surface area contributed by atoms with E-state index in [2.05, 4.69) is 9.47 Å². The summed E-state index contributed by atoms with van der Waals surface area (Å²) in [4.78, 5) is 19.3. The molecule has 0 aliphatic heterocycles. The number of ether oxygens (including phenoxy) is 2. The lowest BCUT2D eigenvalue weighted by Crippen LogP contribution is -2.04. The molecule has 0 rings (SSSR count). The van der Waals surface area contributed by atoms with Crippen molar-refractivity contribution in [1.82, 2.24) is 0 Å². The molecule has 0 radical (unpaired) electrons. The van der Waals surface area contributed by atoms with Crippen molar-refractivity contribution in [2.75, 3.05) is 6.61 Å². The lowest BCUT2D eigenvalue weighted by Gasteiger charge is -1.93. The average molecular weight is 134 g/mol. The maximum Gasteiger partial charge on any atom is 0.515 e. The van der Waals surface area contributed by atoms with Gasteiger partial charge in [-0.15, -0.1) is 0 Å². The first kappa shape index (κ1) is 10.8. The van der Waals surface area contributed by atoms with Crippen LogP contribution in [0.15, 0.2) is 0 Å². The van der Waals surface area contributed by atoms with Gasteiger partial charge in [0.05, 0.1) is 6.61 Å². The predicted octanol–water partition coefficient (Wildman–Crippen LogP) is 0.952. The molecular formula is C5H10O4. The Kier molecular flexibility index (Phi) is 8.36. The third-order valence-corrected chi connectivity index (χ3v) is 0.407. The number of carbonyl (C=O) groups excluding carboxylic acids is 2. The highest BCUT2D eigenvalue weighted by Crippen LogP contribution is 1.78. The molecule has 0 aliphatic carbocycles. The number of carbonyl (C=O) groups is 2. The van der Waals surface area contributed by atoms with E-state index < -0.39 is 6.16 Å². The minimum atomic E-state index is -0.956. The Balaban J connectivity index is 0. The fraction of sp³-hybridized carbons (Fsp3) is 0.600. The molecule has 0 heterocycles. The summed E-state index contributed by atoms with van der Waals surface area (Å²) in [5.74, 6) is 0. The van der Waals surface area contributed by atoms with Crippen LogP contribution in [-0.4, -0.2) is 19.2 Å². The van der Waals surface area contributed by atoms with Gasteiger partial charge in [0, 0.05) is 0 Å². The molecule has 0 aromatic heterocycles. The Morgan fingerprint density at radius 2 is 2.22 bits per heavy atom. The highest BCUT2D eigenvalue weighted by Gasteiger charge is 1.97. The first-order chi connectivity index (χ1) is 3.81. The van der Waals surface area contributed by atoms with Crippen LogP contribution in [0.3, 0.4) is 0 Å². The molecule has 0 fully saturated rings. The van der Waals surface area contributed by atoms with Crippen LogP contribution < -0.4 is 0 Å². The quantitative estimate of drug-likeness (QED) is 0.320. The minimum absolute atomic E-state index is 0. The summed E-state index contributed by atoms with van der Waals surface area (Å²) in [6.07, 6.45) is -0.956. The summed E-state index contributed by atoms with van der Waals surface area (Å²) in [5.41, 5.74) is 0. The summed E-state index contributed by atoms with van der Waals surface area (Å²) in [7, 11) is 0. The third kappa shape index (κ3) is 6.94. The van der Waals surface area contributed by atoms with Crippen molar-refractivity contribution in [3.8, 4) is 0 Å². The Labute approximate surface area is 53.8 Å². The van der Waals surface area contributed by atoms with Gasteiger partial charge >= 0.3 is 12.6 Å². The molecule has 0 unspecified atom stereocenters. The van der Waals surface area contributed by atoms with Crippen molar-refractivity contribution in [2.45, 2.75) is 14.4 Å². The maximum atomic E-state index is 9.97. The Bertz CT molecular complexity index is 89.0. The molecule has 0 atom stereocenters. The number of hydrogen-bond acceptors (Lipinski definition) is 4. The van der Waals surface area contributed by atoms with Gasteiger partial charge in [0.25, 0.3) is 0 Å². The monoisotopic (exact) mass is 134 g/mol. The van der Waals surface area contributed by atoms with E-state index in [1.54, 1.807) is 6.92 Å². The highest BCUT2D eigenvalue weighted by molar-refractivity contribution is 5.69. The van der Waals surface area contributed by atoms with Gasteiger partial charge in [-0.3, -0.25) is 4.79 Å². The molecule has 0 N–H and O–H groups in total. The van der Waals surface area contributed by atoms with E-state index in [4.69, 9.17) is 0 Å². The predicted molar refractivity (Wildman–Crippen MR) is 30.9 cm³/mol. The molecule has 0 amide bonds. The van der Waals surface area contributed by atoms with Crippen LogP contribution in [0.25, 0.3) is 0 Å². The van der Waals surface area contributed by atoms with Crippen molar-refractivity contribution < 1.29 is 19.1 Å². The topological polar surface area (TPSA) is 52.6 Å². The second kappa shape index (κ2) is 6.94. The third-order valence-electron chi connectivity index (χ3n) is 0.407. The lowest BCUT2D eigenvalue weighted by molar-refractivity contribution is -0.125. The Hall–Kier alpha value is -1.06. The van der Waals surface area contributed by atoms with E-state index in [0.29, 0.717) is 0 Å². The molecule has 0 aromatic carbocycles. The zero-order valence-electron chi connectivity index (χ0n) is 4.42. The summed E-state index contributed by atoms with van der Waals surface area (Å²) in [6, 6.07) is 0. The molecule has 0 saturated carbocycles. The standard InChI is InChI=1S/C4H6O4.CH4/c1-2-7-4(6)8-3-5;/h3H,2H2,1H3;1H4. The van der Waals surface area contributed by atoms with Gasteiger partial charge < -0.3 is 9.47 Å². The largest absolute Gasteiger partial charge is 0.515 e. The van der Waals surface area contributed by atoms with Crippen molar-refractivity contribution in [3.05, 3.63) is 0 Å². The van der Waals surface area contributed by atoms with Crippen LogP contribution in [0, 0.1) is 0 Å². The molecule has 9 heavy (non-hydrogen) atoms. The molecule has 0 aliphatic rings. The molecule has 54 valence electrons. The van der Waals surface area contributed by atoms with E-state index in [1.807, 2.05) is 0 Å². The second-order valence-electron chi connectivity index (χ2n) is 0.897. The summed E-state index contributed by atoms with van der Waals surface area (Å²) in [5, 5.41) is 0. The van der Waals surface area contributed by atoms with Gasteiger partial charge in [0.1, 0.15) is 0 Å². The van der Waals surface area contributed by atoms with Gasteiger partial charge in [-0.1, -0.05) is 7.43 Å². The van der Waals surface area contributed by atoms with E-state index in [0.717, 1.165) is 0 Å². The average Bonchev–Trinajstić information content (AvgIpc) is 1.68. The van der Waals surface area contributed by atoms with Crippen LogP contribution in [0.5, 0.6) is 0 Å². The van der Waals surface area contributed by atoms with Crippen LogP contribution in [0.2, 0.25) is 0 Å². The Morgan fingerprint density at radius 1 is 1.67 bits per heavy atom.